The third kappa shape index (κ3) is 2.21. The molecule has 0 bridgehead atoms. The van der Waals surface area contributed by atoms with Crippen molar-refractivity contribution in [2.75, 3.05) is 0 Å². The van der Waals surface area contributed by atoms with Gasteiger partial charge in [0.05, 0.1) is 6.10 Å². The molecule has 3 rings (SSSR count). The Morgan fingerprint density at radius 1 is 1.00 bits per heavy atom. The van der Waals surface area contributed by atoms with Crippen LogP contribution in [0.3, 0.4) is 0 Å². The molecule has 0 heterocycles. The van der Waals surface area contributed by atoms with E-state index in [2.05, 4.69) is 0 Å². The Labute approximate surface area is 106 Å². The topological polar surface area (TPSA) is 49.7 Å². The summed E-state index contributed by atoms with van der Waals surface area (Å²) in [6.45, 7) is 0. The summed E-state index contributed by atoms with van der Waals surface area (Å²) < 4.78 is 5.84. The van der Waals surface area contributed by atoms with Gasteiger partial charge in [0.1, 0.15) is 5.75 Å². The maximum atomic E-state index is 9.13. The van der Waals surface area contributed by atoms with E-state index in [1.807, 2.05) is 24.3 Å². The Hall–Kier alpha value is -1.52. The summed E-state index contributed by atoms with van der Waals surface area (Å²) in [5.41, 5.74) is 0.509. The van der Waals surface area contributed by atoms with Crippen LogP contribution in [0.15, 0.2) is 36.4 Å². The molecule has 0 unspecified atom stereocenters. The lowest BCUT2D eigenvalue weighted by molar-refractivity contribution is 0.120. The predicted octanol–water partition coefficient (Wildman–Crippen LogP) is 1.45. The first-order valence-corrected chi connectivity index (χ1v) is 6.29. The molecule has 0 aliphatic heterocycles. The minimum Gasteiger partial charge on any atom is -0.490 e. The van der Waals surface area contributed by atoms with Gasteiger partial charge in [-0.05, 0) is 47.6 Å². The summed E-state index contributed by atoms with van der Waals surface area (Å²) in [6, 6.07) is 11.3. The summed E-state index contributed by atoms with van der Waals surface area (Å²) in [4.78, 5) is 0. The van der Waals surface area contributed by atoms with Crippen molar-refractivity contribution >= 4 is 23.4 Å². The molecule has 0 amide bonds. The molecule has 0 radical (unpaired) electrons. The van der Waals surface area contributed by atoms with E-state index in [0.717, 1.165) is 29.4 Å². The summed E-state index contributed by atoms with van der Waals surface area (Å²) in [5, 5.41) is 20.3. The van der Waals surface area contributed by atoms with Crippen molar-refractivity contribution in [3.8, 4) is 5.75 Å². The zero-order chi connectivity index (χ0) is 12.5. The van der Waals surface area contributed by atoms with Gasteiger partial charge >= 0.3 is 7.12 Å². The molecular weight excluding hydrogens is 227 g/mol. The standard InChI is InChI=1S/C14H15BO3/c16-15(17)12-6-4-11-9-14(7-5-10(11)8-12)18-13-2-1-3-13/h4-9,13,16-17H,1-3H2. The van der Waals surface area contributed by atoms with Gasteiger partial charge in [0.25, 0.3) is 0 Å². The molecule has 2 N–H and O–H groups in total. The zero-order valence-electron chi connectivity index (χ0n) is 10.0. The Morgan fingerprint density at radius 2 is 1.72 bits per heavy atom. The predicted molar refractivity (Wildman–Crippen MR) is 72.0 cm³/mol. The molecule has 3 nitrogen and oxygen atoms in total. The summed E-state index contributed by atoms with van der Waals surface area (Å²) in [6.07, 6.45) is 3.93. The Balaban J connectivity index is 1.89. The highest BCUT2D eigenvalue weighted by molar-refractivity contribution is 6.58. The van der Waals surface area contributed by atoms with Crippen molar-refractivity contribution in [3.05, 3.63) is 36.4 Å². The Morgan fingerprint density at radius 3 is 2.39 bits per heavy atom. The number of ether oxygens (including phenoxy) is 1. The van der Waals surface area contributed by atoms with E-state index in [4.69, 9.17) is 14.8 Å². The molecule has 92 valence electrons. The third-order valence-corrected chi connectivity index (χ3v) is 3.49. The molecule has 0 atom stereocenters. The largest absolute Gasteiger partial charge is 0.490 e. The van der Waals surface area contributed by atoms with Crippen LogP contribution in [0.4, 0.5) is 0 Å². The van der Waals surface area contributed by atoms with Gasteiger partial charge in [-0.25, -0.2) is 0 Å². The first kappa shape index (κ1) is 11.6. The van der Waals surface area contributed by atoms with E-state index < -0.39 is 7.12 Å². The van der Waals surface area contributed by atoms with Crippen LogP contribution in [0.2, 0.25) is 0 Å². The van der Waals surface area contributed by atoms with Crippen LogP contribution in [0.25, 0.3) is 10.8 Å². The second-order valence-corrected chi connectivity index (χ2v) is 4.81. The number of hydrogen-bond donors (Lipinski definition) is 2. The van der Waals surface area contributed by atoms with Crippen LogP contribution in [-0.2, 0) is 0 Å². The van der Waals surface area contributed by atoms with Crippen molar-refractivity contribution in [3.63, 3.8) is 0 Å². The van der Waals surface area contributed by atoms with E-state index in [0.29, 0.717) is 11.6 Å². The molecule has 0 saturated heterocycles. The molecule has 2 aromatic carbocycles. The monoisotopic (exact) mass is 242 g/mol. The smallest absolute Gasteiger partial charge is 0.488 e. The van der Waals surface area contributed by atoms with Gasteiger partial charge in [0.2, 0.25) is 0 Å². The molecular formula is C14H15BO3. The van der Waals surface area contributed by atoms with Crippen molar-refractivity contribution in [1.29, 1.82) is 0 Å². The van der Waals surface area contributed by atoms with E-state index in [9.17, 15) is 0 Å². The zero-order valence-corrected chi connectivity index (χ0v) is 10.0. The quantitative estimate of drug-likeness (QED) is 0.801. The van der Waals surface area contributed by atoms with Crippen LogP contribution in [0.5, 0.6) is 5.75 Å². The first-order valence-electron chi connectivity index (χ1n) is 6.29. The third-order valence-electron chi connectivity index (χ3n) is 3.49. The van der Waals surface area contributed by atoms with Crippen LogP contribution in [0, 0.1) is 0 Å². The van der Waals surface area contributed by atoms with Crippen molar-refractivity contribution in [2.24, 2.45) is 0 Å². The van der Waals surface area contributed by atoms with E-state index >= 15 is 0 Å². The lowest BCUT2D eigenvalue weighted by Gasteiger charge is -2.26. The molecule has 1 aliphatic rings. The van der Waals surface area contributed by atoms with Gasteiger partial charge < -0.3 is 14.8 Å². The lowest BCUT2D eigenvalue weighted by atomic mass is 9.79. The molecule has 1 fully saturated rings. The molecule has 0 spiro atoms. The maximum Gasteiger partial charge on any atom is 0.488 e. The van der Waals surface area contributed by atoms with Gasteiger partial charge in [0.15, 0.2) is 0 Å². The minimum atomic E-state index is -1.42. The average molecular weight is 242 g/mol. The van der Waals surface area contributed by atoms with Crippen molar-refractivity contribution < 1.29 is 14.8 Å². The fourth-order valence-corrected chi connectivity index (χ4v) is 2.16. The minimum absolute atomic E-state index is 0.376. The van der Waals surface area contributed by atoms with Crippen molar-refractivity contribution in [2.45, 2.75) is 25.4 Å². The van der Waals surface area contributed by atoms with Crippen LogP contribution >= 0.6 is 0 Å². The summed E-state index contributed by atoms with van der Waals surface area (Å²) >= 11 is 0. The summed E-state index contributed by atoms with van der Waals surface area (Å²) in [5.74, 6) is 0.893. The number of hydrogen-bond acceptors (Lipinski definition) is 3. The molecule has 4 heteroatoms. The van der Waals surface area contributed by atoms with Crippen molar-refractivity contribution in [1.82, 2.24) is 0 Å². The second-order valence-electron chi connectivity index (χ2n) is 4.81. The van der Waals surface area contributed by atoms with E-state index in [1.165, 1.54) is 6.42 Å². The SMILES string of the molecule is OB(O)c1ccc2cc(OC3CCC3)ccc2c1. The lowest BCUT2D eigenvalue weighted by Crippen LogP contribution is -2.29. The normalized spacial score (nSPS) is 15.4. The van der Waals surface area contributed by atoms with Crippen LogP contribution in [0.1, 0.15) is 19.3 Å². The fourth-order valence-electron chi connectivity index (χ4n) is 2.16. The molecule has 2 aromatic rings. The highest BCUT2D eigenvalue weighted by Gasteiger charge is 2.19. The van der Waals surface area contributed by atoms with Crippen LogP contribution < -0.4 is 10.2 Å². The highest BCUT2D eigenvalue weighted by Crippen LogP contribution is 2.27. The van der Waals surface area contributed by atoms with Crippen LogP contribution in [-0.4, -0.2) is 23.3 Å². The summed E-state index contributed by atoms with van der Waals surface area (Å²) in [7, 11) is -1.42. The second kappa shape index (κ2) is 4.63. The number of rotatable bonds is 3. The average Bonchev–Trinajstić information content (AvgIpc) is 2.33. The van der Waals surface area contributed by atoms with Gasteiger partial charge in [-0.1, -0.05) is 24.3 Å². The van der Waals surface area contributed by atoms with Gasteiger partial charge in [-0.15, -0.1) is 0 Å². The number of benzene rings is 2. The maximum absolute atomic E-state index is 9.13. The molecule has 0 aromatic heterocycles. The van der Waals surface area contributed by atoms with E-state index in [-0.39, 0.29) is 0 Å². The Kier molecular flexibility index (Phi) is 2.98. The Bertz CT molecular complexity index is 564. The fraction of sp³-hybridized carbons (Fsp3) is 0.286. The van der Waals surface area contributed by atoms with Gasteiger partial charge in [0, 0.05) is 0 Å². The number of fused-ring (bicyclic) bond motifs is 1. The van der Waals surface area contributed by atoms with E-state index in [1.54, 1.807) is 12.1 Å². The highest BCUT2D eigenvalue weighted by atomic mass is 16.5. The molecule has 1 saturated carbocycles. The van der Waals surface area contributed by atoms with Gasteiger partial charge in [-0.2, -0.15) is 0 Å². The first-order chi connectivity index (χ1) is 8.72. The molecule has 18 heavy (non-hydrogen) atoms. The van der Waals surface area contributed by atoms with Gasteiger partial charge in [-0.3, -0.25) is 0 Å². The molecule has 1 aliphatic carbocycles.